The Morgan fingerprint density at radius 2 is 2.00 bits per heavy atom. The number of carbonyl (C=O) groups excluding carboxylic acids is 1. The topological polar surface area (TPSA) is 55.1 Å². The van der Waals surface area contributed by atoms with Crippen molar-refractivity contribution in [1.29, 1.82) is 0 Å². The fourth-order valence-electron chi connectivity index (χ4n) is 0.818. The van der Waals surface area contributed by atoms with Crippen molar-refractivity contribution < 1.29 is 18.0 Å². The zero-order valence-electron chi connectivity index (χ0n) is 8.19. The Morgan fingerprint density at radius 1 is 1.50 bits per heavy atom. The first kappa shape index (κ1) is 13.2. The normalized spacial score (nSPS) is 16.1. The molecule has 0 aromatic carbocycles. The molecule has 6 heteroatoms. The van der Waals surface area contributed by atoms with Crippen LogP contribution in [0.3, 0.4) is 0 Å². The van der Waals surface area contributed by atoms with Gasteiger partial charge in [0.15, 0.2) is 0 Å². The van der Waals surface area contributed by atoms with Crippen molar-refractivity contribution in [2.45, 2.75) is 32.5 Å². The molecule has 3 N–H and O–H groups in total. The summed E-state index contributed by atoms with van der Waals surface area (Å²) in [4.78, 5) is 11.1. The van der Waals surface area contributed by atoms with E-state index < -0.39 is 24.7 Å². The molecule has 0 spiro atoms. The number of nitrogens with two attached hydrogens (primary N) is 1. The predicted molar refractivity (Wildman–Crippen MR) is 46.5 cm³/mol. The van der Waals surface area contributed by atoms with E-state index >= 15 is 0 Å². The molecule has 1 unspecified atom stereocenters. The number of rotatable bonds is 4. The lowest BCUT2D eigenvalue weighted by molar-refractivity contribution is -0.139. The van der Waals surface area contributed by atoms with Crippen molar-refractivity contribution >= 4 is 5.91 Å². The van der Waals surface area contributed by atoms with Gasteiger partial charge in [-0.1, -0.05) is 20.3 Å². The van der Waals surface area contributed by atoms with Crippen LogP contribution in [-0.4, -0.2) is 24.7 Å². The Kier molecular flexibility index (Phi) is 4.90. The van der Waals surface area contributed by atoms with Crippen molar-refractivity contribution in [1.82, 2.24) is 5.32 Å². The second-order valence-corrected chi connectivity index (χ2v) is 3.24. The summed E-state index contributed by atoms with van der Waals surface area (Å²) in [5.74, 6) is -0.875. The van der Waals surface area contributed by atoms with E-state index in [0.717, 1.165) is 0 Å². The van der Waals surface area contributed by atoms with Crippen LogP contribution in [0.15, 0.2) is 0 Å². The van der Waals surface area contributed by atoms with Crippen LogP contribution in [-0.2, 0) is 4.79 Å². The van der Waals surface area contributed by atoms with Gasteiger partial charge in [-0.15, -0.1) is 0 Å². The average Bonchev–Trinajstić information content (AvgIpc) is 2.10. The lowest BCUT2D eigenvalue weighted by Gasteiger charge is -2.18. The van der Waals surface area contributed by atoms with E-state index in [2.05, 4.69) is 0 Å². The molecule has 0 radical (unpaired) electrons. The molecule has 0 heterocycles. The molecule has 0 saturated carbocycles. The van der Waals surface area contributed by atoms with E-state index in [4.69, 9.17) is 5.73 Å². The zero-order valence-corrected chi connectivity index (χ0v) is 8.19. The Bertz CT molecular complexity index is 194. The molecule has 2 atom stereocenters. The fraction of sp³-hybridized carbons (Fsp3) is 0.875. The molecule has 0 aliphatic rings. The van der Waals surface area contributed by atoms with Crippen LogP contribution in [0.5, 0.6) is 0 Å². The summed E-state index contributed by atoms with van der Waals surface area (Å²) in [6.45, 7) is 2.22. The fourth-order valence-corrected chi connectivity index (χ4v) is 0.818. The summed E-state index contributed by atoms with van der Waals surface area (Å²) in [7, 11) is 0. The Balaban J connectivity index is 3.97. The Labute approximate surface area is 80.8 Å². The van der Waals surface area contributed by atoms with Gasteiger partial charge in [-0.05, 0) is 5.92 Å². The van der Waals surface area contributed by atoms with E-state index in [0.29, 0.717) is 6.42 Å². The lowest BCUT2D eigenvalue weighted by atomic mass is 9.99. The van der Waals surface area contributed by atoms with Crippen molar-refractivity contribution in [3.8, 4) is 0 Å². The van der Waals surface area contributed by atoms with Crippen molar-refractivity contribution in [3.63, 3.8) is 0 Å². The summed E-state index contributed by atoms with van der Waals surface area (Å²) in [5.41, 5.74) is 5.42. The SMILES string of the molecule is CCC(C)[C@H](N)C(=O)NCC(F)(F)F. The van der Waals surface area contributed by atoms with E-state index in [-0.39, 0.29) is 5.92 Å². The Morgan fingerprint density at radius 3 is 2.36 bits per heavy atom. The van der Waals surface area contributed by atoms with Crippen molar-refractivity contribution in [3.05, 3.63) is 0 Å². The van der Waals surface area contributed by atoms with Gasteiger partial charge >= 0.3 is 6.18 Å². The largest absolute Gasteiger partial charge is 0.405 e. The number of hydrogen-bond acceptors (Lipinski definition) is 2. The van der Waals surface area contributed by atoms with Crippen LogP contribution in [0.1, 0.15) is 20.3 Å². The molecule has 0 aromatic heterocycles. The molecule has 14 heavy (non-hydrogen) atoms. The molecule has 84 valence electrons. The summed E-state index contributed by atoms with van der Waals surface area (Å²) >= 11 is 0. The first-order valence-corrected chi connectivity index (χ1v) is 4.38. The zero-order chi connectivity index (χ0) is 11.4. The van der Waals surface area contributed by atoms with E-state index in [1.807, 2.05) is 6.92 Å². The van der Waals surface area contributed by atoms with Gasteiger partial charge in [0.05, 0.1) is 6.04 Å². The summed E-state index contributed by atoms with van der Waals surface area (Å²) in [6.07, 6.45) is -3.73. The first-order valence-electron chi connectivity index (χ1n) is 4.38. The quantitative estimate of drug-likeness (QED) is 0.731. The highest BCUT2D eigenvalue weighted by Gasteiger charge is 2.29. The van der Waals surface area contributed by atoms with E-state index in [1.165, 1.54) is 0 Å². The summed E-state index contributed by atoms with van der Waals surface area (Å²) < 4.78 is 35.1. The molecular weight excluding hydrogens is 197 g/mol. The number of amides is 1. The third-order valence-corrected chi connectivity index (χ3v) is 2.02. The van der Waals surface area contributed by atoms with Gasteiger partial charge in [-0.25, -0.2) is 0 Å². The van der Waals surface area contributed by atoms with Crippen LogP contribution < -0.4 is 11.1 Å². The predicted octanol–water partition coefficient (Wildman–Crippen LogP) is 1.04. The Hall–Kier alpha value is -0.780. The van der Waals surface area contributed by atoms with Crippen LogP contribution >= 0.6 is 0 Å². The minimum absolute atomic E-state index is 0.122. The molecular formula is C8H15F3N2O. The minimum Gasteiger partial charge on any atom is -0.346 e. The van der Waals surface area contributed by atoms with Crippen LogP contribution in [0, 0.1) is 5.92 Å². The monoisotopic (exact) mass is 212 g/mol. The molecule has 0 fully saturated rings. The maximum atomic E-state index is 11.7. The maximum absolute atomic E-state index is 11.7. The lowest BCUT2D eigenvalue weighted by Crippen LogP contribution is -2.47. The van der Waals surface area contributed by atoms with Crippen LogP contribution in [0.25, 0.3) is 0 Å². The number of hydrogen-bond donors (Lipinski definition) is 2. The highest BCUT2D eigenvalue weighted by molar-refractivity contribution is 5.81. The van der Waals surface area contributed by atoms with Crippen molar-refractivity contribution in [2.24, 2.45) is 11.7 Å². The number of halogens is 3. The highest BCUT2D eigenvalue weighted by Crippen LogP contribution is 2.12. The maximum Gasteiger partial charge on any atom is 0.405 e. The minimum atomic E-state index is -4.38. The number of carbonyl (C=O) groups is 1. The third kappa shape index (κ3) is 5.06. The summed E-state index contributed by atoms with van der Waals surface area (Å²) in [5, 5.41) is 1.75. The summed E-state index contributed by atoms with van der Waals surface area (Å²) in [6, 6.07) is -0.873. The molecule has 3 nitrogen and oxygen atoms in total. The number of alkyl halides is 3. The second-order valence-electron chi connectivity index (χ2n) is 3.24. The van der Waals surface area contributed by atoms with Crippen LogP contribution in [0.2, 0.25) is 0 Å². The van der Waals surface area contributed by atoms with Gasteiger partial charge in [0.1, 0.15) is 6.54 Å². The number of nitrogens with one attached hydrogen (secondary N) is 1. The second kappa shape index (κ2) is 5.19. The van der Waals surface area contributed by atoms with E-state index in [1.54, 1.807) is 12.2 Å². The highest BCUT2D eigenvalue weighted by atomic mass is 19.4. The van der Waals surface area contributed by atoms with Crippen LogP contribution in [0.4, 0.5) is 13.2 Å². The molecule has 0 bridgehead atoms. The van der Waals surface area contributed by atoms with Gasteiger partial charge < -0.3 is 11.1 Å². The molecule has 1 amide bonds. The van der Waals surface area contributed by atoms with Gasteiger partial charge in [0, 0.05) is 0 Å². The first-order chi connectivity index (χ1) is 6.28. The standard InChI is InChI=1S/C8H15F3N2O/c1-3-5(2)6(12)7(14)13-4-8(9,10)11/h5-6H,3-4,12H2,1-2H3,(H,13,14)/t5?,6-/m0/s1. The average molecular weight is 212 g/mol. The molecule has 0 aromatic rings. The molecule has 0 aliphatic carbocycles. The van der Waals surface area contributed by atoms with Gasteiger partial charge in [0.2, 0.25) is 5.91 Å². The van der Waals surface area contributed by atoms with Gasteiger partial charge in [-0.2, -0.15) is 13.2 Å². The van der Waals surface area contributed by atoms with Gasteiger partial charge in [0.25, 0.3) is 0 Å². The molecule has 0 aliphatic heterocycles. The van der Waals surface area contributed by atoms with Crippen molar-refractivity contribution in [2.75, 3.05) is 6.54 Å². The van der Waals surface area contributed by atoms with E-state index in [9.17, 15) is 18.0 Å². The third-order valence-electron chi connectivity index (χ3n) is 2.02. The molecule has 0 rings (SSSR count). The smallest absolute Gasteiger partial charge is 0.346 e. The molecule has 0 saturated heterocycles. The van der Waals surface area contributed by atoms with Gasteiger partial charge in [-0.3, -0.25) is 4.79 Å².